The van der Waals surface area contributed by atoms with Crippen LogP contribution in [0.25, 0.3) is 0 Å². The first-order valence-corrected chi connectivity index (χ1v) is 9.09. The Balaban J connectivity index is 2.33. The molecule has 1 aromatic rings. The normalized spacial score (nSPS) is 13.4. The monoisotopic (exact) mass is 390 g/mol. The van der Waals surface area contributed by atoms with Crippen LogP contribution in [-0.2, 0) is 24.0 Å². The van der Waals surface area contributed by atoms with E-state index in [0.29, 0.717) is 17.9 Å². The number of imide groups is 1. The molecule has 0 atom stereocenters. The van der Waals surface area contributed by atoms with Gasteiger partial charge in [-0.25, -0.2) is 4.79 Å². The van der Waals surface area contributed by atoms with Crippen molar-refractivity contribution in [3.63, 3.8) is 0 Å². The van der Waals surface area contributed by atoms with E-state index in [4.69, 9.17) is 9.57 Å². The number of hydroxylamine groups is 2. The third-order valence-electron chi connectivity index (χ3n) is 3.84. The second-order valence-electron chi connectivity index (χ2n) is 6.17. The molecule has 0 unspecified atom stereocenters. The fraction of sp³-hybridized carbons (Fsp3) is 0.421. The first-order chi connectivity index (χ1) is 13.4. The summed E-state index contributed by atoms with van der Waals surface area (Å²) in [6.07, 6.45) is 1.40. The molecule has 28 heavy (non-hydrogen) atoms. The van der Waals surface area contributed by atoms with Gasteiger partial charge in [0.2, 0.25) is 5.91 Å². The smallest absolute Gasteiger partial charge is 0.367 e. The number of para-hydroxylation sites is 1. The van der Waals surface area contributed by atoms with Gasteiger partial charge in [0.25, 0.3) is 11.8 Å². The van der Waals surface area contributed by atoms with Gasteiger partial charge in [-0.15, -0.1) is 5.06 Å². The lowest BCUT2D eigenvalue weighted by atomic mass is 10.1. The predicted octanol–water partition coefficient (Wildman–Crippen LogP) is 2.35. The molecule has 3 amide bonds. The van der Waals surface area contributed by atoms with E-state index in [1.807, 2.05) is 6.92 Å². The number of ether oxygens (including phenoxy) is 1. The van der Waals surface area contributed by atoms with E-state index in [9.17, 15) is 24.0 Å². The predicted molar refractivity (Wildman–Crippen MR) is 97.0 cm³/mol. The summed E-state index contributed by atoms with van der Waals surface area (Å²) in [4.78, 5) is 64.7. The number of hydrogen-bond donors (Lipinski definition) is 1. The van der Waals surface area contributed by atoms with Crippen molar-refractivity contribution in [2.75, 3.05) is 5.32 Å². The van der Waals surface area contributed by atoms with Gasteiger partial charge >= 0.3 is 11.9 Å². The van der Waals surface area contributed by atoms with E-state index >= 15 is 0 Å². The van der Waals surface area contributed by atoms with Crippen molar-refractivity contribution in [2.24, 2.45) is 0 Å². The van der Waals surface area contributed by atoms with Crippen molar-refractivity contribution in [2.45, 2.75) is 52.4 Å². The molecule has 1 heterocycles. The van der Waals surface area contributed by atoms with Gasteiger partial charge in [-0.3, -0.25) is 19.2 Å². The third-order valence-corrected chi connectivity index (χ3v) is 3.84. The van der Waals surface area contributed by atoms with E-state index < -0.39 is 23.8 Å². The van der Waals surface area contributed by atoms with Crippen molar-refractivity contribution in [3.05, 3.63) is 23.8 Å². The number of nitrogens with one attached hydrogen (secondary N) is 1. The van der Waals surface area contributed by atoms with Crippen LogP contribution in [0.1, 0.15) is 62.7 Å². The number of esters is 1. The maximum Gasteiger partial charge on any atom is 0.367 e. The zero-order chi connectivity index (χ0) is 20.7. The average molecular weight is 390 g/mol. The molecule has 1 aliphatic heterocycles. The number of carbonyl (C=O) groups excluding carboxylic acids is 5. The molecule has 0 bridgehead atoms. The maximum atomic E-state index is 12.5. The lowest BCUT2D eigenvalue weighted by Gasteiger charge is -2.17. The van der Waals surface area contributed by atoms with Gasteiger partial charge in [0.15, 0.2) is 5.75 Å². The minimum Gasteiger partial charge on any atom is -0.423 e. The highest BCUT2D eigenvalue weighted by atomic mass is 16.7. The molecule has 0 aromatic heterocycles. The number of rotatable bonds is 8. The van der Waals surface area contributed by atoms with Crippen LogP contribution < -0.4 is 10.1 Å². The molecule has 1 saturated heterocycles. The second kappa shape index (κ2) is 9.63. The molecule has 0 radical (unpaired) electrons. The SMILES string of the molecule is CCCC(=O)Nc1cccc(C(=O)ON2C(=O)CCC2=O)c1OC(=O)CCC. The van der Waals surface area contributed by atoms with Crippen LogP contribution in [0.5, 0.6) is 5.75 Å². The Morgan fingerprint density at radius 3 is 2.29 bits per heavy atom. The van der Waals surface area contributed by atoms with Gasteiger partial charge in [-0.2, -0.15) is 0 Å². The summed E-state index contributed by atoms with van der Waals surface area (Å²) >= 11 is 0. The Kier molecular flexibility index (Phi) is 7.25. The van der Waals surface area contributed by atoms with Gasteiger partial charge in [0, 0.05) is 25.7 Å². The summed E-state index contributed by atoms with van der Waals surface area (Å²) < 4.78 is 5.29. The van der Waals surface area contributed by atoms with Gasteiger partial charge < -0.3 is 14.9 Å². The van der Waals surface area contributed by atoms with E-state index in [2.05, 4.69) is 5.32 Å². The summed E-state index contributed by atoms with van der Waals surface area (Å²) in [5, 5.41) is 3.00. The molecule has 2 rings (SSSR count). The van der Waals surface area contributed by atoms with Crippen molar-refractivity contribution >= 4 is 35.3 Å². The summed E-state index contributed by atoms with van der Waals surface area (Å²) in [5.74, 6) is -3.40. The van der Waals surface area contributed by atoms with E-state index in [-0.39, 0.29) is 48.6 Å². The minimum absolute atomic E-state index is 0.0441. The van der Waals surface area contributed by atoms with Crippen molar-refractivity contribution in [1.82, 2.24) is 5.06 Å². The van der Waals surface area contributed by atoms with Crippen LogP contribution in [0.2, 0.25) is 0 Å². The minimum atomic E-state index is -1.05. The molecule has 1 aromatic carbocycles. The van der Waals surface area contributed by atoms with Crippen LogP contribution in [0.15, 0.2) is 18.2 Å². The second-order valence-corrected chi connectivity index (χ2v) is 6.17. The number of amides is 3. The quantitative estimate of drug-likeness (QED) is 0.411. The summed E-state index contributed by atoms with van der Waals surface area (Å²) in [6, 6.07) is 4.26. The van der Waals surface area contributed by atoms with Gasteiger partial charge in [0.05, 0.1) is 5.69 Å². The molecule has 1 fully saturated rings. The molecule has 1 aliphatic rings. The lowest BCUT2D eigenvalue weighted by molar-refractivity contribution is -0.172. The zero-order valence-electron chi connectivity index (χ0n) is 15.8. The third kappa shape index (κ3) is 5.15. The largest absolute Gasteiger partial charge is 0.423 e. The van der Waals surface area contributed by atoms with E-state index in [1.165, 1.54) is 18.2 Å². The molecule has 0 spiro atoms. The highest BCUT2D eigenvalue weighted by Crippen LogP contribution is 2.31. The summed E-state index contributed by atoms with van der Waals surface area (Å²) in [7, 11) is 0. The number of benzene rings is 1. The van der Waals surface area contributed by atoms with Crippen molar-refractivity contribution in [1.29, 1.82) is 0 Å². The number of carbonyl (C=O) groups is 5. The van der Waals surface area contributed by atoms with Crippen LogP contribution in [0.4, 0.5) is 5.69 Å². The molecule has 0 aliphatic carbocycles. The first kappa shape index (κ1) is 21.1. The molecule has 9 heteroatoms. The Labute approximate surface area is 161 Å². The maximum absolute atomic E-state index is 12.5. The summed E-state index contributed by atoms with van der Waals surface area (Å²) in [5.41, 5.74) is -0.0670. The number of anilines is 1. The molecular formula is C19H22N2O7. The van der Waals surface area contributed by atoms with E-state index in [0.717, 1.165) is 0 Å². The molecular weight excluding hydrogens is 368 g/mol. The van der Waals surface area contributed by atoms with Gasteiger partial charge in [-0.1, -0.05) is 19.9 Å². The number of hydrogen-bond acceptors (Lipinski definition) is 7. The average Bonchev–Trinajstić information content (AvgIpc) is 2.95. The lowest BCUT2D eigenvalue weighted by Crippen LogP contribution is -2.32. The van der Waals surface area contributed by atoms with Gasteiger partial charge in [-0.05, 0) is 25.0 Å². The number of nitrogens with zero attached hydrogens (tertiary/aromatic N) is 1. The fourth-order valence-electron chi connectivity index (χ4n) is 2.50. The van der Waals surface area contributed by atoms with Gasteiger partial charge in [0.1, 0.15) is 5.56 Å². The Morgan fingerprint density at radius 2 is 1.68 bits per heavy atom. The molecule has 150 valence electrons. The van der Waals surface area contributed by atoms with Crippen LogP contribution >= 0.6 is 0 Å². The van der Waals surface area contributed by atoms with Crippen LogP contribution in [0, 0.1) is 0 Å². The van der Waals surface area contributed by atoms with Crippen LogP contribution in [-0.4, -0.2) is 34.7 Å². The van der Waals surface area contributed by atoms with Crippen molar-refractivity contribution < 1.29 is 33.5 Å². The Bertz CT molecular complexity index is 787. The Morgan fingerprint density at radius 1 is 1.04 bits per heavy atom. The first-order valence-electron chi connectivity index (χ1n) is 9.09. The highest BCUT2D eigenvalue weighted by Gasteiger charge is 2.34. The molecule has 9 nitrogen and oxygen atoms in total. The van der Waals surface area contributed by atoms with Crippen molar-refractivity contribution in [3.8, 4) is 5.75 Å². The van der Waals surface area contributed by atoms with E-state index in [1.54, 1.807) is 6.92 Å². The highest BCUT2D eigenvalue weighted by molar-refractivity contribution is 6.04. The standard InChI is InChI=1S/C19H22N2O7/c1-3-6-14(22)20-13-9-5-8-12(18(13)27-17(25)7-4-2)19(26)28-21-15(23)10-11-16(21)24/h5,8-9H,3-4,6-7,10-11H2,1-2H3,(H,20,22). The molecule has 0 saturated carbocycles. The zero-order valence-corrected chi connectivity index (χ0v) is 15.8. The fourth-order valence-corrected chi connectivity index (χ4v) is 2.50. The summed E-state index contributed by atoms with van der Waals surface area (Å²) in [6.45, 7) is 3.62. The Hall–Kier alpha value is -3.23. The topological polar surface area (TPSA) is 119 Å². The van der Waals surface area contributed by atoms with Crippen LogP contribution in [0.3, 0.4) is 0 Å². The molecule has 1 N–H and O–H groups in total.